The molecule has 0 bridgehead atoms. The molecule has 0 aliphatic heterocycles. The summed E-state index contributed by atoms with van der Waals surface area (Å²) >= 11 is 0. The second kappa shape index (κ2) is 7.52. The maximum atomic E-state index is 5.67. The van der Waals surface area contributed by atoms with Gasteiger partial charge in [0.1, 0.15) is 0 Å². The van der Waals surface area contributed by atoms with E-state index in [2.05, 4.69) is 44.4 Å². The van der Waals surface area contributed by atoms with E-state index in [4.69, 9.17) is 10.6 Å². The van der Waals surface area contributed by atoms with Crippen molar-refractivity contribution in [2.45, 2.75) is 39.7 Å². The molecule has 18 heavy (non-hydrogen) atoms. The summed E-state index contributed by atoms with van der Waals surface area (Å²) < 4.78 is 5.12. The fourth-order valence-corrected chi connectivity index (χ4v) is 2.11. The molecule has 102 valence electrons. The number of hydrogen-bond acceptors (Lipinski definition) is 3. The molecule has 0 heterocycles. The molecule has 1 aromatic carbocycles. The molecule has 1 aromatic rings. The van der Waals surface area contributed by atoms with E-state index < -0.39 is 0 Å². The molecule has 0 amide bonds. The largest absolute Gasteiger partial charge is 0.385 e. The summed E-state index contributed by atoms with van der Waals surface area (Å²) in [6.07, 6.45) is 1.98. The van der Waals surface area contributed by atoms with Crippen molar-refractivity contribution >= 4 is 0 Å². The molecule has 2 atom stereocenters. The van der Waals surface area contributed by atoms with Gasteiger partial charge in [0.2, 0.25) is 0 Å². The lowest BCUT2D eigenvalue weighted by Gasteiger charge is -2.23. The van der Waals surface area contributed by atoms with Crippen LogP contribution in [0.2, 0.25) is 0 Å². The number of hydrogen-bond donors (Lipinski definition) is 2. The topological polar surface area (TPSA) is 47.3 Å². The van der Waals surface area contributed by atoms with Crippen molar-refractivity contribution in [1.29, 1.82) is 0 Å². The number of hydrazine groups is 1. The highest BCUT2D eigenvalue weighted by Crippen LogP contribution is 2.16. The number of aryl methyl sites for hydroxylation is 2. The molecule has 1 rings (SSSR count). The van der Waals surface area contributed by atoms with Crippen molar-refractivity contribution in [2.24, 2.45) is 11.8 Å². The quantitative estimate of drug-likeness (QED) is 0.577. The number of benzene rings is 1. The van der Waals surface area contributed by atoms with E-state index in [1.54, 1.807) is 7.11 Å². The fourth-order valence-electron chi connectivity index (χ4n) is 2.11. The zero-order chi connectivity index (χ0) is 13.5. The number of nitrogens with one attached hydrogen (secondary N) is 1. The van der Waals surface area contributed by atoms with Crippen LogP contribution in [0.25, 0.3) is 0 Å². The lowest BCUT2D eigenvalue weighted by molar-refractivity contribution is 0.170. The molecular weight excluding hydrogens is 224 g/mol. The highest BCUT2D eigenvalue weighted by molar-refractivity contribution is 5.30. The summed E-state index contributed by atoms with van der Waals surface area (Å²) in [5, 5.41) is 0. The van der Waals surface area contributed by atoms with Crippen molar-refractivity contribution < 1.29 is 4.74 Å². The van der Waals surface area contributed by atoms with Crippen LogP contribution in [-0.4, -0.2) is 19.8 Å². The predicted octanol–water partition coefficient (Wildman–Crippen LogP) is 2.35. The smallest absolute Gasteiger partial charge is 0.0465 e. The third-order valence-electron chi connectivity index (χ3n) is 3.71. The molecule has 3 heteroatoms. The molecule has 0 saturated heterocycles. The SMILES string of the molecule is COCCC(C)C(Cc1ccc(C)c(C)c1)NN. The molecule has 0 spiro atoms. The van der Waals surface area contributed by atoms with Crippen LogP contribution in [0.15, 0.2) is 18.2 Å². The lowest BCUT2D eigenvalue weighted by Crippen LogP contribution is -2.41. The van der Waals surface area contributed by atoms with Crippen molar-refractivity contribution in [3.63, 3.8) is 0 Å². The zero-order valence-corrected chi connectivity index (χ0v) is 12.0. The van der Waals surface area contributed by atoms with E-state index in [-0.39, 0.29) is 0 Å². The molecule has 0 aromatic heterocycles. The molecule has 0 aliphatic carbocycles. The Bertz CT molecular complexity index is 366. The van der Waals surface area contributed by atoms with Gasteiger partial charge in [-0.2, -0.15) is 0 Å². The van der Waals surface area contributed by atoms with Gasteiger partial charge in [0.15, 0.2) is 0 Å². The monoisotopic (exact) mass is 250 g/mol. The molecule has 0 radical (unpaired) electrons. The van der Waals surface area contributed by atoms with Crippen LogP contribution in [0.5, 0.6) is 0 Å². The van der Waals surface area contributed by atoms with Gasteiger partial charge in [0.05, 0.1) is 0 Å². The van der Waals surface area contributed by atoms with Gasteiger partial charge in [-0.1, -0.05) is 25.1 Å². The fraction of sp³-hybridized carbons (Fsp3) is 0.600. The molecule has 3 N–H and O–H groups in total. The Morgan fingerprint density at radius 3 is 2.56 bits per heavy atom. The van der Waals surface area contributed by atoms with E-state index >= 15 is 0 Å². The van der Waals surface area contributed by atoms with E-state index in [0.717, 1.165) is 19.4 Å². The van der Waals surface area contributed by atoms with Gasteiger partial charge in [-0.3, -0.25) is 11.3 Å². The van der Waals surface area contributed by atoms with Crippen LogP contribution >= 0.6 is 0 Å². The normalized spacial score (nSPS) is 14.5. The van der Waals surface area contributed by atoms with Crippen molar-refractivity contribution in [3.05, 3.63) is 34.9 Å². The Morgan fingerprint density at radius 1 is 1.28 bits per heavy atom. The van der Waals surface area contributed by atoms with E-state index in [1.165, 1.54) is 16.7 Å². The van der Waals surface area contributed by atoms with Gasteiger partial charge in [-0.25, -0.2) is 0 Å². The Hall–Kier alpha value is -0.900. The number of nitrogens with two attached hydrogens (primary N) is 1. The molecular formula is C15H26N2O. The van der Waals surface area contributed by atoms with Gasteiger partial charge < -0.3 is 4.74 Å². The number of methoxy groups -OCH3 is 1. The van der Waals surface area contributed by atoms with Gasteiger partial charge in [0.25, 0.3) is 0 Å². The Labute approximate surface area is 111 Å². The minimum absolute atomic E-state index is 0.294. The molecule has 2 unspecified atom stereocenters. The molecule has 3 nitrogen and oxygen atoms in total. The molecule has 0 aliphatic rings. The van der Waals surface area contributed by atoms with E-state index in [9.17, 15) is 0 Å². The summed E-state index contributed by atoms with van der Waals surface area (Å²) in [5.41, 5.74) is 6.95. The first-order valence-electron chi connectivity index (χ1n) is 6.59. The third-order valence-corrected chi connectivity index (χ3v) is 3.71. The zero-order valence-electron chi connectivity index (χ0n) is 12.0. The van der Waals surface area contributed by atoms with Crippen LogP contribution in [0.3, 0.4) is 0 Å². The minimum Gasteiger partial charge on any atom is -0.385 e. The summed E-state index contributed by atoms with van der Waals surface area (Å²) in [7, 11) is 1.74. The first-order chi connectivity index (χ1) is 8.58. The van der Waals surface area contributed by atoms with Gasteiger partial charge >= 0.3 is 0 Å². The average Bonchev–Trinajstić information content (AvgIpc) is 2.37. The third kappa shape index (κ3) is 4.41. The first kappa shape index (κ1) is 15.2. The number of ether oxygens (including phenoxy) is 1. The highest BCUT2D eigenvalue weighted by Gasteiger charge is 2.16. The second-order valence-electron chi connectivity index (χ2n) is 5.15. The molecule has 0 saturated carbocycles. The molecule has 0 fully saturated rings. The highest BCUT2D eigenvalue weighted by atomic mass is 16.5. The van der Waals surface area contributed by atoms with Crippen LogP contribution in [0.4, 0.5) is 0 Å². The van der Waals surface area contributed by atoms with Crippen LogP contribution in [-0.2, 0) is 11.2 Å². The van der Waals surface area contributed by atoms with Crippen molar-refractivity contribution in [3.8, 4) is 0 Å². The van der Waals surface area contributed by atoms with Crippen LogP contribution in [0.1, 0.15) is 30.0 Å². The van der Waals surface area contributed by atoms with E-state index in [0.29, 0.717) is 12.0 Å². The van der Waals surface area contributed by atoms with E-state index in [1.807, 2.05) is 0 Å². The van der Waals surface area contributed by atoms with Crippen LogP contribution < -0.4 is 11.3 Å². The average molecular weight is 250 g/mol. The van der Waals surface area contributed by atoms with Crippen molar-refractivity contribution in [2.75, 3.05) is 13.7 Å². The Kier molecular flexibility index (Phi) is 6.33. The lowest BCUT2D eigenvalue weighted by atomic mass is 9.92. The van der Waals surface area contributed by atoms with Gasteiger partial charge in [-0.15, -0.1) is 0 Å². The second-order valence-corrected chi connectivity index (χ2v) is 5.15. The Balaban J connectivity index is 2.64. The first-order valence-corrected chi connectivity index (χ1v) is 6.59. The summed E-state index contributed by atoms with van der Waals surface area (Å²) in [6.45, 7) is 7.29. The van der Waals surface area contributed by atoms with Gasteiger partial charge in [-0.05, 0) is 49.3 Å². The Morgan fingerprint density at radius 2 is 2.00 bits per heavy atom. The van der Waals surface area contributed by atoms with Crippen LogP contribution in [0, 0.1) is 19.8 Å². The summed E-state index contributed by atoms with van der Waals surface area (Å²) in [4.78, 5) is 0. The maximum Gasteiger partial charge on any atom is 0.0465 e. The number of rotatable bonds is 7. The minimum atomic E-state index is 0.294. The van der Waals surface area contributed by atoms with Gasteiger partial charge in [0, 0.05) is 19.8 Å². The maximum absolute atomic E-state index is 5.67. The van der Waals surface area contributed by atoms with Crippen molar-refractivity contribution in [1.82, 2.24) is 5.43 Å². The summed E-state index contributed by atoms with van der Waals surface area (Å²) in [5.74, 6) is 6.17. The predicted molar refractivity (Wildman–Crippen MR) is 76.4 cm³/mol. The standard InChI is InChI=1S/C15H26N2O/c1-11-5-6-14(9-13(11)3)10-15(17-16)12(2)7-8-18-4/h5-6,9,12,15,17H,7-8,10,16H2,1-4H3. The summed E-state index contributed by atoms with van der Waals surface area (Å²) in [6, 6.07) is 6.92.